The molecule has 6 heteroatoms. The van der Waals surface area contributed by atoms with Crippen LogP contribution in [0.5, 0.6) is 11.5 Å². The van der Waals surface area contributed by atoms with Gasteiger partial charge in [-0.05, 0) is 48.7 Å². The molecule has 140 valence electrons. The van der Waals surface area contributed by atoms with Gasteiger partial charge in [0.05, 0.1) is 31.1 Å². The van der Waals surface area contributed by atoms with E-state index in [9.17, 15) is 4.79 Å². The van der Waals surface area contributed by atoms with Crippen LogP contribution in [0.2, 0.25) is 0 Å². The molecule has 0 N–H and O–H groups in total. The molecule has 0 radical (unpaired) electrons. The second-order valence-electron chi connectivity index (χ2n) is 6.34. The molecule has 3 rings (SSSR count). The molecular formula is C21H22N2O3S. The second kappa shape index (κ2) is 8.36. The summed E-state index contributed by atoms with van der Waals surface area (Å²) in [6.45, 7) is 2.57. The van der Waals surface area contributed by atoms with Crippen LogP contribution in [0.25, 0.3) is 0 Å². The van der Waals surface area contributed by atoms with Gasteiger partial charge in [0.25, 0.3) is 0 Å². The number of nitrogens with zero attached hydrogens (tertiary/aromatic N) is 2. The Kier molecular flexibility index (Phi) is 5.92. The summed E-state index contributed by atoms with van der Waals surface area (Å²) >= 11 is 1.65. The molecule has 0 aromatic heterocycles. The second-order valence-corrected chi connectivity index (χ2v) is 7.76. The number of nitriles is 1. The lowest BCUT2D eigenvalue weighted by Crippen LogP contribution is -2.32. The van der Waals surface area contributed by atoms with Crippen LogP contribution in [0.1, 0.15) is 29.0 Å². The highest BCUT2D eigenvalue weighted by Gasteiger charge is 2.38. The minimum absolute atomic E-state index is 0.0274. The van der Waals surface area contributed by atoms with Gasteiger partial charge in [-0.2, -0.15) is 5.26 Å². The summed E-state index contributed by atoms with van der Waals surface area (Å²) in [6, 6.07) is 15.4. The lowest BCUT2D eigenvalue weighted by Gasteiger charge is -2.24. The van der Waals surface area contributed by atoms with E-state index in [-0.39, 0.29) is 16.5 Å². The fourth-order valence-electron chi connectivity index (χ4n) is 3.17. The van der Waals surface area contributed by atoms with Crippen molar-refractivity contribution in [2.75, 3.05) is 20.8 Å². The Morgan fingerprint density at radius 2 is 1.81 bits per heavy atom. The van der Waals surface area contributed by atoms with Crippen molar-refractivity contribution in [1.29, 1.82) is 5.26 Å². The van der Waals surface area contributed by atoms with E-state index < -0.39 is 0 Å². The molecule has 1 amide bonds. The number of ether oxygens (including phenoxy) is 2. The third-order valence-electron chi connectivity index (χ3n) is 4.66. The van der Waals surface area contributed by atoms with Crippen LogP contribution in [0.3, 0.4) is 0 Å². The van der Waals surface area contributed by atoms with Crippen LogP contribution in [-0.4, -0.2) is 36.8 Å². The van der Waals surface area contributed by atoms with E-state index in [0.717, 1.165) is 17.5 Å². The monoisotopic (exact) mass is 382 g/mol. The molecule has 5 nitrogen and oxygen atoms in total. The molecule has 0 unspecified atom stereocenters. The molecule has 0 spiro atoms. The van der Waals surface area contributed by atoms with Gasteiger partial charge in [0.2, 0.25) is 5.91 Å². The lowest BCUT2D eigenvalue weighted by atomic mass is 10.1. The number of hydrogen-bond acceptors (Lipinski definition) is 5. The molecule has 1 fully saturated rings. The van der Waals surface area contributed by atoms with Crippen molar-refractivity contribution in [3.05, 3.63) is 59.2 Å². The first-order valence-electron chi connectivity index (χ1n) is 8.74. The fourth-order valence-corrected chi connectivity index (χ4v) is 4.48. The van der Waals surface area contributed by atoms with Crippen LogP contribution in [-0.2, 0) is 11.2 Å². The first kappa shape index (κ1) is 19.1. The summed E-state index contributed by atoms with van der Waals surface area (Å²) in [7, 11) is 3.23. The number of carbonyl (C=O) groups is 1. The molecular weight excluding hydrogens is 360 g/mol. The number of rotatable bonds is 6. The molecule has 2 atom stereocenters. The van der Waals surface area contributed by atoms with E-state index in [2.05, 4.69) is 6.07 Å². The standard InChI is InChI=1S/C21H22N2O3S/c1-14-20(24)23(21(27-14)17-7-4-16(13-22)5-8-17)11-10-15-6-9-18(25-2)19(12-15)26-3/h4-9,12,14,21H,10-11H2,1-3H3/t14-,21+/m0/s1. The predicted molar refractivity (Wildman–Crippen MR) is 106 cm³/mol. The van der Waals surface area contributed by atoms with Gasteiger partial charge in [-0.3, -0.25) is 4.79 Å². The van der Waals surface area contributed by atoms with E-state index in [1.54, 1.807) is 38.1 Å². The zero-order valence-corrected chi connectivity index (χ0v) is 16.5. The van der Waals surface area contributed by atoms with Crippen molar-refractivity contribution < 1.29 is 14.3 Å². The van der Waals surface area contributed by atoms with Gasteiger partial charge in [0.15, 0.2) is 11.5 Å². The van der Waals surface area contributed by atoms with E-state index in [1.807, 2.05) is 42.2 Å². The van der Waals surface area contributed by atoms with Crippen molar-refractivity contribution in [3.8, 4) is 17.6 Å². The van der Waals surface area contributed by atoms with E-state index in [1.165, 1.54) is 0 Å². The number of carbonyl (C=O) groups excluding carboxylic acids is 1. The highest BCUT2D eigenvalue weighted by Crippen LogP contribution is 2.43. The van der Waals surface area contributed by atoms with Gasteiger partial charge in [0, 0.05) is 6.54 Å². The zero-order chi connectivity index (χ0) is 19.4. The SMILES string of the molecule is COc1ccc(CCN2C(=O)[C@H](C)S[C@@H]2c2ccc(C#N)cc2)cc1OC. The Morgan fingerprint density at radius 1 is 1.11 bits per heavy atom. The zero-order valence-electron chi connectivity index (χ0n) is 15.6. The quantitative estimate of drug-likeness (QED) is 0.761. The van der Waals surface area contributed by atoms with E-state index >= 15 is 0 Å². The lowest BCUT2D eigenvalue weighted by molar-refractivity contribution is -0.129. The fraction of sp³-hybridized carbons (Fsp3) is 0.333. The number of hydrogen-bond donors (Lipinski definition) is 0. The highest BCUT2D eigenvalue weighted by molar-refractivity contribution is 8.01. The Labute approximate surface area is 163 Å². The number of amides is 1. The minimum Gasteiger partial charge on any atom is -0.493 e. The largest absolute Gasteiger partial charge is 0.493 e. The maximum absolute atomic E-state index is 12.7. The van der Waals surface area contributed by atoms with Gasteiger partial charge >= 0.3 is 0 Å². The van der Waals surface area contributed by atoms with Crippen LogP contribution >= 0.6 is 11.8 Å². The van der Waals surface area contributed by atoms with E-state index in [4.69, 9.17) is 14.7 Å². The topological polar surface area (TPSA) is 62.6 Å². The summed E-state index contributed by atoms with van der Waals surface area (Å²) in [6.07, 6.45) is 0.728. The molecule has 0 saturated carbocycles. The van der Waals surface area contributed by atoms with Crippen LogP contribution in [0, 0.1) is 11.3 Å². The van der Waals surface area contributed by atoms with Crippen molar-refractivity contribution in [3.63, 3.8) is 0 Å². The number of benzene rings is 2. The summed E-state index contributed by atoms with van der Waals surface area (Å²) in [5, 5.41) is 8.88. The normalized spacial score (nSPS) is 19.0. The van der Waals surface area contributed by atoms with Crippen molar-refractivity contribution >= 4 is 17.7 Å². The molecule has 2 aromatic rings. The smallest absolute Gasteiger partial charge is 0.236 e. The number of methoxy groups -OCH3 is 2. The molecule has 1 aliphatic rings. The molecule has 1 saturated heterocycles. The average molecular weight is 382 g/mol. The van der Waals surface area contributed by atoms with Gasteiger partial charge in [-0.15, -0.1) is 11.8 Å². The highest BCUT2D eigenvalue weighted by atomic mass is 32.2. The first-order chi connectivity index (χ1) is 13.1. The molecule has 0 bridgehead atoms. The maximum Gasteiger partial charge on any atom is 0.236 e. The van der Waals surface area contributed by atoms with Gasteiger partial charge in [-0.25, -0.2) is 0 Å². The van der Waals surface area contributed by atoms with Crippen LogP contribution in [0.4, 0.5) is 0 Å². The van der Waals surface area contributed by atoms with Crippen molar-refractivity contribution in [2.45, 2.75) is 24.0 Å². The Hall–Kier alpha value is -2.65. The Morgan fingerprint density at radius 3 is 2.44 bits per heavy atom. The first-order valence-corrected chi connectivity index (χ1v) is 9.68. The summed E-state index contributed by atoms with van der Waals surface area (Å²) in [4.78, 5) is 14.6. The third kappa shape index (κ3) is 4.04. The number of thioether (sulfide) groups is 1. The Bertz CT molecular complexity index is 861. The van der Waals surface area contributed by atoms with Crippen molar-refractivity contribution in [2.24, 2.45) is 0 Å². The predicted octanol–water partition coefficient (Wildman–Crippen LogP) is 3.78. The van der Waals surface area contributed by atoms with Gasteiger partial charge in [0.1, 0.15) is 5.37 Å². The average Bonchev–Trinajstić information content (AvgIpc) is 3.00. The maximum atomic E-state index is 12.7. The molecule has 1 heterocycles. The van der Waals surface area contributed by atoms with Crippen LogP contribution in [0.15, 0.2) is 42.5 Å². The summed E-state index contributed by atoms with van der Waals surface area (Å²) in [5.74, 6) is 1.53. The molecule has 27 heavy (non-hydrogen) atoms. The van der Waals surface area contributed by atoms with E-state index in [0.29, 0.717) is 23.6 Å². The molecule has 1 aliphatic heterocycles. The molecule has 2 aromatic carbocycles. The Balaban J connectivity index is 1.76. The van der Waals surface area contributed by atoms with Crippen molar-refractivity contribution in [1.82, 2.24) is 4.90 Å². The third-order valence-corrected chi connectivity index (χ3v) is 6.06. The minimum atomic E-state index is -0.0731. The molecule has 0 aliphatic carbocycles. The van der Waals surface area contributed by atoms with Crippen LogP contribution < -0.4 is 9.47 Å². The van der Waals surface area contributed by atoms with Gasteiger partial charge in [-0.1, -0.05) is 18.2 Å². The summed E-state index contributed by atoms with van der Waals surface area (Å²) < 4.78 is 10.6. The van der Waals surface area contributed by atoms with Gasteiger partial charge < -0.3 is 14.4 Å². The summed E-state index contributed by atoms with van der Waals surface area (Å²) in [5.41, 5.74) is 2.76.